The van der Waals surface area contributed by atoms with Crippen LogP contribution in [0, 0.1) is 6.92 Å². The molecule has 0 bridgehead atoms. The molecule has 0 aliphatic heterocycles. The van der Waals surface area contributed by atoms with Gasteiger partial charge in [0.15, 0.2) is 4.80 Å². The second-order valence-corrected chi connectivity index (χ2v) is 6.48. The monoisotopic (exact) mass is 320 g/mol. The van der Waals surface area contributed by atoms with Crippen LogP contribution < -0.4 is 10.4 Å². The van der Waals surface area contributed by atoms with Crippen molar-refractivity contribution in [2.45, 2.75) is 6.92 Å². The van der Waals surface area contributed by atoms with Gasteiger partial charge >= 0.3 is 0 Å². The Morgan fingerprint density at radius 1 is 1.33 bits per heavy atom. The van der Waals surface area contributed by atoms with Crippen molar-refractivity contribution in [1.82, 2.24) is 14.1 Å². The predicted molar refractivity (Wildman–Crippen MR) is 82.8 cm³/mol. The summed E-state index contributed by atoms with van der Waals surface area (Å²) in [6.45, 7) is 1.76. The summed E-state index contributed by atoms with van der Waals surface area (Å²) >= 11 is 2.60. The standard InChI is InChI=1S/C13H12N4O2S2/c1-7-8-11(14-6-17(3)12(8)19)21-9(7)10(18)15-13-16(2)4-5-20-13/h4-6H,1-3H3. The highest BCUT2D eigenvalue weighted by molar-refractivity contribution is 7.20. The zero-order valence-corrected chi connectivity index (χ0v) is 13.3. The Labute approximate surface area is 127 Å². The van der Waals surface area contributed by atoms with Gasteiger partial charge in [0.2, 0.25) is 0 Å². The number of aryl methyl sites for hydroxylation is 3. The highest BCUT2D eigenvalue weighted by atomic mass is 32.1. The van der Waals surface area contributed by atoms with Crippen molar-refractivity contribution in [3.63, 3.8) is 0 Å². The van der Waals surface area contributed by atoms with Crippen LogP contribution in [0.1, 0.15) is 15.2 Å². The highest BCUT2D eigenvalue weighted by Crippen LogP contribution is 2.27. The number of carbonyl (C=O) groups excluding carboxylic acids is 1. The fraction of sp³-hybridized carbons (Fsp3) is 0.231. The minimum Gasteiger partial charge on any atom is -0.327 e. The molecule has 0 aliphatic rings. The maximum atomic E-state index is 12.4. The van der Waals surface area contributed by atoms with E-state index in [9.17, 15) is 9.59 Å². The van der Waals surface area contributed by atoms with E-state index in [4.69, 9.17) is 0 Å². The number of thiophene rings is 1. The van der Waals surface area contributed by atoms with Crippen molar-refractivity contribution in [2.24, 2.45) is 19.1 Å². The van der Waals surface area contributed by atoms with E-state index in [2.05, 4.69) is 9.98 Å². The second-order valence-electron chi connectivity index (χ2n) is 4.61. The normalized spacial score (nSPS) is 12.2. The molecule has 3 aromatic rings. The average molecular weight is 320 g/mol. The van der Waals surface area contributed by atoms with Crippen LogP contribution in [0.4, 0.5) is 0 Å². The Bertz CT molecular complexity index is 974. The minimum absolute atomic E-state index is 0.144. The summed E-state index contributed by atoms with van der Waals surface area (Å²) in [5, 5.41) is 2.36. The molecule has 0 saturated carbocycles. The molecule has 21 heavy (non-hydrogen) atoms. The third kappa shape index (κ3) is 2.26. The number of nitrogens with zero attached hydrogens (tertiary/aromatic N) is 4. The molecule has 0 spiro atoms. The van der Waals surface area contributed by atoms with Gasteiger partial charge in [-0.15, -0.1) is 22.7 Å². The summed E-state index contributed by atoms with van der Waals surface area (Å²) in [5.74, 6) is -0.337. The first-order valence-electron chi connectivity index (χ1n) is 6.13. The molecule has 3 rings (SSSR count). The third-order valence-corrected chi connectivity index (χ3v) is 5.20. The smallest absolute Gasteiger partial charge is 0.290 e. The lowest BCUT2D eigenvalue weighted by atomic mass is 10.2. The molecule has 0 radical (unpaired) electrons. The summed E-state index contributed by atoms with van der Waals surface area (Å²) in [6, 6.07) is 0. The van der Waals surface area contributed by atoms with Crippen LogP contribution in [0.3, 0.4) is 0 Å². The van der Waals surface area contributed by atoms with E-state index in [0.717, 1.165) is 0 Å². The number of amides is 1. The van der Waals surface area contributed by atoms with Gasteiger partial charge in [-0.25, -0.2) is 4.98 Å². The minimum atomic E-state index is -0.337. The first-order valence-corrected chi connectivity index (χ1v) is 7.82. The second kappa shape index (κ2) is 5.05. The van der Waals surface area contributed by atoms with E-state index in [1.165, 1.54) is 33.6 Å². The molecule has 1 amide bonds. The summed E-state index contributed by atoms with van der Waals surface area (Å²) in [5.41, 5.74) is 0.506. The molecule has 108 valence electrons. The molecule has 0 atom stereocenters. The Morgan fingerprint density at radius 2 is 2.10 bits per heavy atom. The predicted octanol–water partition coefficient (Wildman–Crippen LogP) is 1.44. The molecular formula is C13H12N4O2S2. The zero-order valence-electron chi connectivity index (χ0n) is 11.7. The van der Waals surface area contributed by atoms with E-state index in [-0.39, 0.29) is 11.5 Å². The van der Waals surface area contributed by atoms with Crippen molar-refractivity contribution in [3.8, 4) is 0 Å². The number of hydrogen-bond acceptors (Lipinski definition) is 5. The fourth-order valence-corrected chi connectivity index (χ4v) is 3.74. The van der Waals surface area contributed by atoms with E-state index in [1.54, 1.807) is 18.5 Å². The van der Waals surface area contributed by atoms with Gasteiger partial charge in [0.1, 0.15) is 9.71 Å². The molecule has 0 saturated heterocycles. The van der Waals surface area contributed by atoms with Gasteiger partial charge in [-0.05, 0) is 12.5 Å². The van der Waals surface area contributed by atoms with Crippen LogP contribution in [-0.2, 0) is 14.1 Å². The first kappa shape index (κ1) is 13.9. The van der Waals surface area contributed by atoms with Gasteiger partial charge in [0.05, 0.1) is 11.7 Å². The molecule has 0 unspecified atom stereocenters. The lowest BCUT2D eigenvalue weighted by Gasteiger charge is -1.96. The van der Waals surface area contributed by atoms with Crippen LogP contribution in [0.15, 0.2) is 27.7 Å². The van der Waals surface area contributed by atoms with Gasteiger partial charge < -0.3 is 9.13 Å². The van der Waals surface area contributed by atoms with Gasteiger partial charge in [0.25, 0.3) is 11.5 Å². The molecule has 0 aromatic carbocycles. The number of hydrogen-bond donors (Lipinski definition) is 0. The number of carbonyl (C=O) groups is 1. The highest BCUT2D eigenvalue weighted by Gasteiger charge is 2.18. The first-order chi connectivity index (χ1) is 9.99. The van der Waals surface area contributed by atoms with E-state index >= 15 is 0 Å². The maximum absolute atomic E-state index is 12.4. The summed E-state index contributed by atoms with van der Waals surface area (Å²) in [6.07, 6.45) is 3.30. The average Bonchev–Trinajstić information content (AvgIpc) is 2.99. The number of aromatic nitrogens is 3. The lowest BCUT2D eigenvalue weighted by molar-refractivity contribution is 0.100. The number of rotatable bonds is 1. The quantitative estimate of drug-likeness (QED) is 0.681. The topological polar surface area (TPSA) is 69.2 Å². The molecular weight excluding hydrogens is 308 g/mol. The van der Waals surface area contributed by atoms with Crippen molar-refractivity contribution in [3.05, 3.63) is 43.5 Å². The van der Waals surface area contributed by atoms with Gasteiger partial charge in [-0.1, -0.05) is 0 Å². The number of fused-ring (bicyclic) bond motifs is 1. The zero-order chi connectivity index (χ0) is 15.1. The van der Waals surface area contributed by atoms with Crippen molar-refractivity contribution in [1.29, 1.82) is 0 Å². The maximum Gasteiger partial charge on any atom is 0.290 e. The molecule has 0 fully saturated rings. The lowest BCUT2D eigenvalue weighted by Crippen LogP contribution is -2.16. The van der Waals surface area contributed by atoms with Crippen LogP contribution in [0.2, 0.25) is 0 Å². The van der Waals surface area contributed by atoms with Crippen molar-refractivity contribution >= 4 is 38.8 Å². The largest absolute Gasteiger partial charge is 0.327 e. The van der Waals surface area contributed by atoms with E-state index < -0.39 is 0 Å². The van der Waals surface area contributed by atoms with Gasteiger partial charge in [-0.3, -0.25) is 9.59 Å². The van der Waals surface area contributed by atoms with Crippen LogP contribution in [-0.4, -0.2) is 20.0 Å². The summed E-state index contributed by atoms with van der Waals surface area (Å²) in [4.78, 5) is 34.5. The van der Waals surface area contributed by atoms with Crippen LogP contribution in [0.5, 0.6) is 0 Å². The molecule has 0 N–H and O–H groups in total. The molecule has 3 heterocycles. The Kier molecular flexibility index (Phi) is 3.34. The van der Waals surface area contributed by atoms with Crippen LogP contribution >= 0.6 is 22.7 Å². The molecule has 0 aliphatic carbocycles. The summed E-state index contributed by atoms with van der Waals surface area (Å²) < 4.78 is 3.19. The van der Waals surface area contributed by atoms with E-state index in [1.807, 2.05) is 18.6 Å². The van der Waals surface area contributed by atoms with Gasteiger partial charge in [-0.2, -0.15) is 4.99 Å². The van der Waals surface area contributed by atoms with Gasteiger partial charge in [0, 0.05) is 25.7 Å². The van der Waals surface area contributed by atoms with Crippen LogP contribution in [0.25, 0.3) is 10.2 Å². The number of thiazole rings is 1. The van der Waals surface area contributed by atoms with Crippen molar-refractivity contribution < 1.29 is 4.79 Å². The Morgan fingerprint density at radius 3 is 2.76 bits per heavy atom. The Balaban J connectivity index is 2.21. The molecule has 3 aromatic heterocycles. The molecule has 8 heteroatoms. The fourth-order valence-electron chi connectivity index (χ4n) is 1.99. The SMILES string of the molecule is Cc1c(C(=O)N=c2sccn2C)sc2ncn(C)c(=O)c12. The Hall–Kier alpha value is -2.06. The summed E-state index contributed by atoms with van der Waals surface area (Å²) in [7, 11) is 3.47. The third-order valence-electron chi connectivity index (χ3n) is 3.16. The van der Waals surface area contributed by atoms with Crippen molar-refractivity contribution in [2.75, 3.05) is 0 Å². The molecule has 6 nitrogen and oxygen atoms in total. The van der Waals surface area contributed by atoms with E-state index in [0.29, 0.717) is 25.5 Å².